The molecule has 1 aliphatic carbocycles. The van der Waals surface area contributed by atoms with Gasteiger partial charge in [-0.2, -0.15) is 0 Å². The summed E-state index contributed by atoms with van der Waals surface area (Å²) >= 11 is 0. The molecule has 3 N–H and O–H groups in total. The van der Waals surface area contributed by atoms with E-state index in [1.165, 1.54) is 6.20 Å². The first-order valence-corrected chi connectivity index (χ1v) is 5.01. The number of carboxylic acid groups (broad SMARTS) is 1. The van der Waals surface area contributed by atoms with Gasteiger partial charge in [-0.05, 0) is 24.3 Å². The zero-order valence-corrected chi connectivity index (χ0v) is 8.28. The van der Waals surface area contributed by atoms with Crippen molar-refractivity contribution >= 4 is 17.0 Å². The monoisotopic (exact) mass is 219 g/mol. The smallest absolute Gasteiger partial charge is 0.337 e. The van der Waals surface area contributed by atoms with Gasteiger partial charge in [-0.1, -0.05) is 0 Å². The Kier molecular flexibility index (Phi) is 1.68. The maximum atomic E-state index is 11.6. The lowest BCUT2D eigenvalue weighted by atomic mass is 10.0. The second kappa shape index (κ2) is 2.94. The summed E-state index contributed by atoms with van der Waals surface area (Å²) in [5.74, 6) is -0.842. The molecule has 3 rings (SSSR count). The Labute approximate surface area is 89.3 Å². The summed E-state index contributed by atoms with van der Waals surface area (Å²) < 4.78 is 0. The number of nitrogens with zero attached hydrogens (tertiary/aromatic N) is 1. The van der Waals surface area contributed by atoms with Crippen LogP contribution in [0.4, 0.5) is 0 Å². The molecular formula is C10H9N3O3. The number of rotatable bonds is 2. The van der Waals surface area contributed by atoms with Crippen molar-refractivity contribution in [2.45, 2.75) is 18.8 Å². The van der Waals surface area contributed by atoms with E-state index >= 15 is 0 Å². The number of fused-ring (bicyclic) bond motifs is 1. The topological polar surface area (TPSA) is 98.8 Å². The van der Waals surface area contributed by atoms with Crippen LogP contribution in [0.1, 0.15) is 34.7 Å². The van der Waals surface area contributed by atoms with Crippen LogP contribution in [0.2, 0.25) is 0 Å². The molecule has 0 atom stereocenters. The van der Waals surface area contributed by atoms with Crippen LogP contribution in [0, 0.1) is 0 Å². The second-order valence-electron chi connectivity index (χ2n) is 3.97. The molecule has 1 fully saturated rings. The average molecular weight is 219 g/mol. The SMILES string of the molecule is O=C(O)c1cnc2[nH][nH]c(=O)c2c1C1CC1. The summed E-state index contributed by atoms with van der Waals surface area (Å²) in [6, 6.07) is 0. The van der Waals surface area contributed by atoms with Gasteiger partial charge >= 0.3 is 5.97 Å². The first-order valence-electron chi connectivity index (χ1n) is 5.01. The van der Waals surface area contributed by atoms with Gasteiger partial charge in [0.15, 0.2) is 5.65 Å². The third-order valence-electron chi connectivity index (χ3n) is 2.86. The van der Waals surface area contributed by atoms with E-state index in [4.69, 9.17) is 5.11 Å². The second-order valence-corrected chi connectivity index (χ2v) is 3.97. The highest BCUT2D eigenvalue weighted by atomic mass is 16.4. The van der Waals surface area contributed by atoms with Crippen molar-refractivity contribution in [3.05, 3.63) is 27.7 Å². The van der Waals surface area contributed by atoms with Gasteiger partial charge in [-0.15, -0.1) is 0 Å². The number of carboxylic acids is 1. The van der Waals surface area contributed by atoms with Crippen molar-refractivity contribution in [3.63, 3.8) is 0 Å². The molecule has 2 aromatic rings. The Morgan fingerprint density at radius 1 is 1.44 bits per heavy atom. The molecule has 0 bridgehead atoms. The van der Waals surface area contributed by atoms with Crippen LogP contribution in [-0.2, 0) is 0 Å². The van der Waals surface area contributed by atoms with Gasteiger partial charge < -0.3 is 5.11 Å². The van der Waals surface area contributed by atoms with Crippen LogP contribution in [0.25, 0.3) is 11.0 Å². The maximum Gasteiger partial charge on any atom is 0.337 e. The van der Waals surface area contributed by atoms with E-state index in [-0.39, 0.29) is 17.0 Å². The minimum atomic E-state index is -1.03. The van der Waals surface area contributed by atoms with Gasteiger partial charge in [-0.25, -0.2) is 9.78 Å². The highest BCUT2D eigenvalue weighted by molar-refractivity contribution is 5.95. The molecule has 0 unspecified atom stereocenters. The molecule has 1 saturated carbocycles. The minimum absolute atomic E-state index is 0.139. The predicted molar refractivity (Wildman–Crippen MR) is 55.6 cm³/mol. The molecule has 2 aromatic heterocycles. The molecule has 0 aliphatic heterocycles. The van der Waals surface area contributed by atoms with Crippen LogP contribution < -0.4 is 5.56 Å². The maximum absolute atomic E-state index is 11.6. The predicted octanol–water partition coefficient (Wildman–Crippen LogP) is 0.827. The van der Waals surface area contributed by atoms with Gasteiger partial charge in [0.1, 0.15) is 0 Å². The summed E-state index contributed by atoms with van der Waals surface area (Å²) in [4.78, 5) is 26.6. The van der Waals surface area contributed by atoms with E-state index in [0.29, 0.717) is 16.6 Å². The summed E-state index contributed by atoms with van der Waals surface area (Å²) in [5, 5.41) is 14.5. The lowest BCUT2D eigenvalue weighted by Crippen LogP contribution is -2.07. The van der Waals surface area contributed by atoms with Crippen molar-refractivity contribution in [1.82, 2.24) is 15.2 Å². The molecule has 6 nitrogen and oxygen atoms in total. The van der Waals surface area contributed by atoms with Crippen molar-refractivity contribution in [3.8, 4) is 0 Å². The molecule has 0 amide bonds. The number of hydrogen-bond acceptors (Lipinski definition) is 3. The van der Waals surface area contributed by atoms with E-state index in [1.54, 1.807) is 0 Å². The normalized spacial score (nSPS) is 15.5. The quantitative estimate of drug-likeness (QED) is 0.696. The van der Waals surface area contributed by atoms with Gasteiger partial charge in [0, 0.05) is 6.20 Å². The molecular weight excluding hydrogens is 210 g/mol. The zero-order chi connectivity index (χ0) is 11.3. The van der Waals surface area contributed by atoms with E-state index < -0.39 is 5.97 Å². The van der Waals surface area contributed by atoms with Crippen LogP contribution in [-0.4, -0.2) is 26.3 Å². The first-order chi connectivity index (χ1) is 7.68. The Hall–Kier alpha value is -2.11. The Morgan fingerprint density at radius 3 is 2.81 bits per heavy atom. The number of nitrogens with one attached hydrogen (secondary N) is 2. The van der Waals surface area contributed by atoms with Gasteiger partial charge in [-0.3, -0.25) is 15.0 Å². The number of aromatic amines is 2. The molecule has 82 valence electrons. The molecule has 0 spiro atoms. The summed E-state index contributed by atoms with van der Waals surface area (Å²) in [6.45, 7) is 0. The zero-order valence-electron chi connectivity index (χ0n) is 8.28. The molecule has 2 heterocycles. The van der Waals surface area contributed by atoms with Gasteiger partial charge in [0.25, 0.3) is 5.56 Å². The van der Waals surface area contributed by atoms with E-state index in [1.807, 2.05) is 0 Å². The number of H-pyrrole nitrogens is 2. The summed E-state index contributed by atoms with van der Waals surface area (Å²) in [7, 11) is 0. The Balaban J connectivity index is 2.43. The molecule has 6 heteroatoms. The van der Waals surface area contributed by atoms with Crippen molar-refractivity contribution in [2.75, 3.05) is 0 Å². The standard InChI is InChI=1S/C10H9N3O3/c14-9-7-6(4-1-2-4)5(10(15)16)3-11-8(7)12-13-9/h3-4H,1-2H2,(H,15,16)(H2,11,12,13,14). The van der Waals surface area contributed by atoms with Crippen molar-refractivity contribution in [2.24, 2.45) is 0 Å². The number of hydrogen-bond donors (Lipinski definition) is 3. The summed E-state index contributed by atoms with van der Waals surface area (Å²) in [6.07, 6.45) is 3.18. The van der Waals surface area contributed by atoms with Crippen LogP contribution in [0.15, 0.2) is 11.0 Å². The van der Waals surface area contributed by atoms with Gasteiger partial charge in [0.2, 0.25) is 0 Å². The third-order valence-corrected chi connectivity index (χ3v) is 2.86. The molecule has 0 aromatic carbocycles. The third kappa shape index (κ3) is 1.16. The van der Waals surface area contributed by atoms with Crippen molar-refractivity contribution < 1.29 is 9.90 Å². The van der Waals surface area contributed by atoms with E-state index in [2.05, 4.69) is 15.2 Å². The number of carbonyl (C=O) groups is 1. The Bertz CT molecular complexity index is 636. The molecule has 0 saturated heterocycles. The number of pyridine rings is 1. The van der Waals surface area contributed by atoms with Crippen LogP contribution in [0.5, 0.6) is 0 Å². The number of aromatic nitrogens is 3. The highest BCUT2D eigenvalue weighted by Gasteiger charge is 2.31. The fourth-order valence-corrected chi connectivity index (χ4v) is 1.99. The lowest BCUT2D eigenvalue weighted by Gasteiger charge is -2.03. The van der Waals surface area contributed by atoms with Crippen LogP contribution in [0.3, 0.4) is 0 Å². The van der Waals surface area contributed by atoms with E-state index in [9.17, 15) is 9.59 Å². The molecule has 0 radical (unpaired) electrons. The van der Waals surface area contributed by atoms with Gasteiger partial charge in [0.05, 0.1) is 10.9 Å². The number of aromatic carboxylic acids is 1. The molecule has 1 aliphatic rings. The van der Waals surface area contributed by atoms with Crippen molar-refractivity contribution in [1.29, 1.82) is 0 Å². The summed E-state index contributed by atoms with van der Waals surface area (Å²) in [5.41, 5.74) is 0.893. The fourth-order valence-electron chi connectivity index (χ4n) is 1.99. The van der Waals surface area contributed by atoms with E-state index in [0.717, 1.165) is 12.8 Å². The van der Waals surface area contributed by atoms with Crippen LogP contribution >= 0.6 is 0 Å². The largest absolute Gasteiger partial charge is 0.478 e. The minimum Gasteiger partial charge on any atom is -0.478 e. The Morgan fingerprint density at radius 2 is 2.19 bits per heavy atom. The average Bonchev–Trinajstić information content (AvgIpc) is 3.02. The fraction of sp³-hybridized carbons (Fsp3) is 0.300. The lowest BCUT2D eigenvalue weighted by molar-refractivity contribution is 0.0695. The first kappa shape index (κ1) is 9.14. The highest BCUT2D eigenvalue weighted by Crippen LogP contribution is 2.43. The molecule has 16 heavy (non-hydrogen) atoms.